The van der Waals surface area contributed by atoms with Gasteiger partial charge in [0.25, 0.3) is 0 Å². The number of thiophene rings is 1. The number of aliphatic hydroxyl groups excluding tert-OH is 1. The van der Waals surface area contributed by atoms with E-state index in [1.165, 1.54) is 11.3 Å². The van der Waals surface area contributed by atoms with E-state index in [1.807, 2.05) is 6.07 Å². The summed E-state index contributed by atoms with van der Waals surface area (Å²) in [5, 5.41) is 9.21. The van der Waals surface area contributed by atoms with E-state index in [0.717, 1.165) is 4.88 Å². The number of aliphatic hydroxyl groups is 1. The van der Waals surface area contributed by atoms with Crippen LogP contribution in [0.1, 0.15) is 16.0 Å². The van der Waals surface area contributed by atoms with Crippen molar-refractivity contribution in [2.75, 3.05) is 6.54 Å². The molecule has 0 saturated carbocycles. The van der Waals surface area contributed by atoms with Gasteiger partial charge in [0.05, 0.1) is 15.8 Å². The summed E-state index contributed by atoms with van der Waals surface area (Å²) in [5.41, 5.74) is 1.19. The molecule has 0 aliphatic carbocycles. The molecule has 0 aliphatic rings. The fourth-order valence-electron chi connectivity index (χ4n) is 1.99. The molecule has 0 fully saturated rings. The van der Waals surface area contributed by atoms with Gasteiger partial charge in [-0.2, -0.15) is 0 Å². The molecule has 0 radical (unpaired) electrons. The smallest absolute Gasteiger partial charge is 0.240 e. The number of sulfonamides is 1. The monoisotopic (exact) mass is 345 g/mol. The first kappa shape index (κ1) is 16.5. The van der Waals surface area contributed by atoms with Crippen LogP contribution in [0.4, 0.5) is 0 Å². The van der Waals surface area contributed by atoms with Gasteiger partial charge in [0, 0.05) is 11.4 Å². The molecule has 2 N–H and O–H groups in total. The Balaban J connectivity index is 2.08. The van der Waals surface area contributed by atoms with Crippen LogP contribution in [-0.4, -0.2) is 20.1 Å². The molecule has 1 aromatic carbocycles. The highest BCUT2D eigenvalue weighted by molar-refractivity contribution is 7.89. The van der Waals surface area contributed by atoms with Gasteiger partial charge >= 0.3 is 0 Å². The van der Waals surface area contributed by atoms with Crippen LogP contribution in [0.15, 0.2) is 35.2 Å². The van der Waals surface area contributed by atoms with Gasteiger partial charge in [-0.3, -0.25) is 0 Å². The molecule has 0 bridgehead atoms. The van der Waals surface area contributed by atoms with E-state index in [2.05, 4.69) is 4.72 Å². The maximum Gasteiger partial charge on any atom is 0.240 e. The summed E-state index contributed by atoms with van der Waals surface area (Å²) < 4.78 is 27.9. The third-order valence-corrected chi connectivity index (χ3v) is 6.04. The molecular weight excluding hydrogens is 330 g/mol. The molecule has 4 nitrogen and oxygen atoms in total. The summed E-state index contributed by atoms with van der Waals surface area (Å²) in [6.45, 7) is 1.82. The van der Waals surface area contributed by atoms with Crippen LogP contribution in [0.2, 0.25) is 4.34 Å². The van der Waals surface area contributed by atoms with Crippen molar-refractivity contribution in [2.45, 2.75) is 24.8 Å². The Morgan fingerprint density at radius 1 is 1.29 bits per heavy atom. The van der Waals surface area contributed by atoms with Gasteiger partial charge in [0.15, 0.2) is 0 Å². The van der Waals surface area contributed by atoms with Crippen molar-refractivity contribution < 1.29 is 13.5 Å². The van der Waals surface area contributed by atoms with Gasteiger partial charge in [-0.25, -0.2) is 13.1 Å². The predicted molar refractivity (Wildman–Crippen MR) is 85.3 cm³/mol. The van der Waals surface area contributed by atoms with Crippen LogP contribution >= 0.6 is 22.9 Å². The molecule has 7 heteroatoms. The van der Waals surface area contributed by atoms with Crippen molar-refractivity contribution in [3.05, 3.63) is 50.7 Å². The maximum atomic E-state index is 12.3. The molecule has 114 valence electrons. The summed E-state index contributed by atoms with van der Waals surface area (Å²) in [6.07, 6.45) is 0.593. The Morgan fingerprint density at radius 3 is 2.67 bits per heavy atom. The van der Waals surface area contributed by atoms with Gasteiger partial charge in [0.2, 0.25) is 10.0 Å². The van der Waals surface area contributed by atoms with Crippen LogP contribution in [0.3, 0.4) is 0 Å². The van der Waals surface area contributed by atoms with E-state index < -0.39 is 10.0 Å². The minimum Gasteiger partial charge on any atom is -0.392 e. The fourth-order valence-corrected chi connectivity index (χ4v) is 4.40. The molecule has 0 unspecified atom stereocenters. The first-order valence-corrected chi connectivity index (χ1v) is 9.05. The Hall–Kier alpha value is -0.920. The van der Waals surface area contributed by atoms with Crippen LogP contribution in [0.5, 0.6) is 0 Å². The first-order chi connectivity index (χ1) is 9.94. The van der Waals surface area contributed by atoms with Crippen molar-refractivity contribution in [2.24, 2.45) is 0 Å². The summed E-state index contributed by atoms with van der Waals surface area (Å²) in [4.78, 5) is 1.24. The van der Waals surface area contributed by atoms with Gasteiger partial charge in [-0.15, -0.1) is 11.3 Å². The third-order valence-electron chi connectivity index (χ3n) is 3.15. The highest BCUT2D eigenvalue weighted by Crippen LogP contribution is 2.22. The van der Waals surface area contributed by atoms with Crippen molar-refractivity contribution in [1.29, 1.82) is 0 Å². The van der Waals surface area contributed by atoms with E-state index in [9.17, 15) is 13.5 Å². The zero-order valence-corrected chi connectivity index (χ0v) is 13.9. The standard InChI is InChI=1S/C14H16ClNO3S2/c1-10-11(9-17)3-2-4-13(10)21(18,19)16-8-7-12-5-6-14(15)20-12/h2-6,16-17H,7-9H2,1H3. The lowest BCUT2D eigenvalue weighted by atomic mass is 10.1. The van der Waals surface area contributed by atoms with Crippen LogP contribution in [-0.2, 0) is 23.1 Å². The largest absolute Gasteiger partial charge is 0.392 e. The predicted octanol–water partition coefficient (Wildman–Crippen LogP) is 2.72. The number of nitrogens with one attached hydrogen (secondary N) is 1. The zero-order valence-electron chi connectivity index (χ0n) is 11.5. The highest BCUT2D eigenvalue weighted by Gasteiger charge is 2.17. The summed E-state index contributed by atoms with van der Waals surface area (Å²) >= 11 is 7.28. The Bertz CT molecular complexity index is 726. The van der Waals surface area contributed by atoms with E-state index in [4.69, 9.17) is 11.6 Å². The van der Waals surface area contributed by atoms with E-state index >= 15 is 0 Å². The summed E-state index contributed by atoms with van der Waals surface area (Å²) in [5.74, 6) is 0. The van der Waals surface area contributed by atoms with Crippen molar-refractivity contribution in [1.82, 2.24) is 4.72 Å². The van der Waals surface area contributed by atoms with Gasteiger partial charge in [-0.1, -0.05) is 23.7 Å². The molecule has 0 amide bonds. The Labute approximate surface area is 133 Å². The normalized spacial score (nSPS) is 11.8. The number of halogens is 1. The van der Waals surface area contributed by atoms with Crippen molar-refractivity contribution in [3.63, 3.8) is 0 Å². The van der Waals surface area contributed by atoms with Crippen molar-refractivity contribution >= 4 is 33.0 Å². The maximum absolute atomic E-state index is 12.3. The lowest BCUT2D eigenvalue weighted by Gasteiger charge is -2.11. The van der Waals surface area contributed by atoms with E-state index in [0.29, 0.717) is 28.4 Å². The SMILES string of the molecule is Cc1c(CO)cccc1S(=O)(=O)NCCc1ccc(Cl)s1. The van der Waals surface area contributed by atoms with Gasteiger partial charge in [0.1, 0.15) is 0 Å². The highest BCUT2D eigenvalue weighted by atomic mass is 35.5. The number of hydrogen-bond donors (Lipinski definition) is 2. The van der Waals surface area contributed by atoms with Crippen molar-refractivity contribution in [3.8, 4) is 0 Å². The quantitative estimate of drug-likeness (QED) is 0.846. The molecule has 0 atom stereocenters. The molecule has 2 aromatic rings. The molecule has 0 saturated heterocycles. The number of rotatable bonds is 6. The molecule has 21 heavy (non-hydrogen) atoms. The minimum absolute atomic E-state index is 0.178. The number of hydrogen-bond acceptors (Lipinski definition) is 4. The van der Waals surface area contributed by atoms with E-state index in [1.54, 1.807) is 31.2 Å². The van der Waals surface area contributed by atoms with Gasteiger partial charge < -0.3 is 5.11 Å². The summed E-state index contributed by atoms with van der Waals surface area (Å²) in [7, 11) is -3.58. The first-order valence-electron chi connectivity index (χ1n) is 6.37. The third kappa shape index (κ3) is 4.05. The van der Waals surface area contributed by atoms with Crippen LogP contribution < -0.4 is 4.72 Å². The van der Waals surface area contributed by atoms with Crippen LogP contribution in [0, 0.1) is 6.92 Å². The number of benzene rings is 1. The summed E-state index contributed by atoms with van der Waals surface area (Å²) in [6, 6.07) is 8.57. The Kier molecular flexibility index (Phi) is 5.40. The Morgan fingerprint density at radius 2 is 2.05 bits per heavy atom. The topological polar surface area (TPSA) is 66.4 Å². The molecular formula is C14H16ClNO3S2. The lowest BCUT2D eigenvalue weighted by Crippen LogP contribution is -2.26. The second-order valence-electron chi connectivity index (χ2n) is 4.55. The lowest BCUT2D eigenvalue weighted by molar-refractivity contribution is 0.280. The molecule has 2 rings (SSSR count). The van der Waals surface area contributed by atoms with Gasteiger partial charge in [-0.05, 0) is 42.7 Å². The second kappa shape index (κ2) is 6.89. The second-order valence-corrected chi connectivity index (χ2v) is 8.09. The van der Waals surface area contributed by atoms with Crippen LogP contribution in [0.25, 0.3) is 0 Å². The fraction of sp³-hybridized carbons (Fsp3) is 0.286. The average molecular weight is 346 g/mol. The average Bonchev–Trinajstić information content (AvgIpc) is 2.84. The minimum atomic E-state index is -3.58. The molecule has 0 aliphatic heterocycles. The zero-order chi connectivity index (χ0) is 15.5. The van der Waals surface area contributed by atoms with E-state index in [-0.39, 0.29) is 11.5 Å². The molecule has 1 heterocycles. The molecule has 1 aromatic heterocycles. The molecule has 0 spiro atoms.